The highest BCUT2D eigenvalue weighted by Crippen LogP contribution is 2.45. The SMILES string of the molecule is CCNC1C(Sc2ccc(Cl)cc2)CCC1(C)C. The summed E-state index contributed by atoms with van der Waals surface area (Å²) in [6.07, 6.45) is 2.59. The highest BCUT2D eigenvalue weighted by atomic mass is 35.5. The lowest BCUT2D eigenvalue weighted by Gasteiger charge is -2.31. The van der Waals surface area contributed by atoms with Crippen molar-refractivity contribution in [3.63, 3.8) is 0 Å². The van der Waals surface area contributed by atoms with Gasteiger partial charge in [-0.3, -0.25) is 0 Å². The molecule has 0 bridgehead atoms. The van der Waals surface area contributed by atoms with Gasteiger partial charge in [0.05, 0.1) is 0 Å². The van der Waals surface area contributed by atoms with Gasteiger partial charge in [-0.2, -0.15) is 0 Å². The minimum Gasteiger partial charge on any atom is -0.313 e. The van der Waals surface area contributed by atoms with Crippen LogP contribution in [0.15, 0.2) is 29.2 Å². The average Bonchev–Trinajstić information content (AvgIpc) is 2.60. The van der Waals surface area contributed by atoms with Crippen molar-refractivity contribution in [2.45, 2.75) is 49.8 Å². The molecule has 1 aliphatic rings. The van der Waals surface area contributed by atoms with Crippen LogP contribution in [0.2, 0.25) is 5.02 Å². The summed E-state index contributed by atoms with van der Waals surface area (Å²) in [7, 11) is 0. The van der Waals surface area contributed by atoms with E-state index in [1.165, 1.54) is 17.7 Å². The molecule has 0 heterocycles. The minimum absolute atomic E-state index is 0.403. The first-order valence-electron chi connectivity index (χ1n) is 6.68. The molecule has 3 heteroatoms. The number of benzene rings is 1. The molecule has 18 heavy (non-hydrogen) atoms. The summed E-state index contributed by atoms with van der Waals surface area (Å²) in [6, 6.07) is 8.81. The van der Waals surface area contributed by atoms with Crippen molar-refractivity contribution in [2.24, 2.45) is 5.41 Å². The van der Waals surface area contributed by atoms with Gasteiger partial charge in [0.2, 0.25) is 0 Å². The number of nitrogens with one attached hydrogen (secondary N) is 1. The van der Waals surface area contributed by atoms with E-state index in [4.69, 9.17) is 11.6 Å². The summed E-state index contributed by atoms with van der Waals surface area (Å²) in [5.74, 6) is 0. The van der Waals surface area contributed by atoms with Crippen molar-refractivity contribution in [3.8, 4) is 0 Å². The second-order valence-electron chi connectivity index (χ2n) is 5.67. The first-order chi connectivity index (χ1) is 8.53. The topological polar surface area (TPSA) is 12.0 Å². The van der Waals surface area contributed by atoms with Gasteiger partial charge in [0, 0.05) is 21.2 Å². The lowest BCUT2D eigenvalue weighted by molar-refractivity contribution is 0.290. The second-order valence-corrected chi connectivity index (χ2v) is 7.42. The fourth-order valence-corrected chi connectivity index (χ4v) is 4.39. The van der Waals surface area contributed by atoms with Gasteiger partial charge in [-0.05, 0) is 49.1 Å². The van der Waals surface area contributed by atoms with Gasteiger partial charge >= 0.3 is 0 Å². The third kappa shape index (κ3) is 3.23. The predicted molar refractivity (Wildman–Crippen MR) is 81.6 cm³/mol. The van der Waals surface area contributed by atoms with Crippen LogP contribution >= 0.6 is 23.4 Å². The van der Waals surface area contributed by atoms with Crippen LogP contribution in [-0.4, -0.2) is 17.8 Å². The Labute approximate surface area is 120 Å². The van der Waals surface area contributed by atoms with Crippen LogP contribution < -0.4 is 5.32 Å². The fraction of sp³-hybridized carbons (Fsp3) is 0.600. The number of rotatable bonds is 4. The van der Waals surface area contributed by atoms with E-state index < -0.39 is 0 Å². The summed E-state index contributed by atoms with van der Waals surface area (Å²) < 4.78 is 0. The van der Waals surface area contributed by atoms with Gasteiger partial charge in [-0.25, -0.2) is 0 Å². The van der Waals surface area contributed by atoms with Crippen LogP contribution in [0.3, 0.4) is 0 Å². The normalized spacial score (nSPS) is 26.4. The highest BCUT2D eigenvalue weighted by molar-refractivity contribution is 8.00. The zero-order chi connectivity index (χ0) is 13.2. The Morgan fingerprint density at radius 2 is 2.00 bits per heavy atom. The van der Waals surface area contributed by atoms with Crippen LogP contribution in [0.5, 0.6) is 0 Å². The molecule has 0 aliphatic heterocycles. The summed E-state index contributed by atoms with van der Waals surface area (Å²) in [4.78, 5) is 1.32. The smallest absolute Gasteiger partial charge is 0.0406 e. The van der Waals surface area contributed by atoms with E-state index in [1.807, 2.05) is 23.9 Å². The minimum atomic E-state index is 0.403. The zero-order valence-corrected chi connectivity index (χ0v) is 12.9. The highest BCUT2D eigenvalue weighted by Gasteiger charge is 2.41. The van der Waals surface area contributed by atoms with Crippen LogP contribution in [0.1, 0.15) is 33.6 Å². The van der Waals surface area contributed by atoms with Crippen molar-refractivity contribution >= 4 is 23.4 Å². The molecule has 0 aromatic heterocycles. The Balaban J connectivity index is 2.06. The van der Waals surface area contributed by atoms with Crippen molar-refractivity contribution in [3.05, 3.63) is 29.3 Å². The molecule has 1 aromatic rings. The summed E-state index contributed by atoms with van der Waals surface area (Å²) in [5, 5.41) is 5.15. The zero-order valence-electron chi connectivity index (χ0n) is 11.4. The summed E-state index contributed by atoms with van der Waals surface area (Å²) >= 11 is 7.92. The fourth-order valence-electron chi connectivity index (χ4n) is 2.78. The Hall–Kier alpha value is -0.180. The van der Waals surface area contributed by atoms with E-state index in [0.717, 1.165) is 11.6 Å². The molecule has 100 valence electrons. The number of thioether (sulfide) groups is 1. The van der Waals surface area contributed by atoms with Gasteiger partial charge in [0.25, 0.3) is 0 Å². The van der Waals surface area contributed by atoms with Crippen molar-refractivity contribution in [2.75, 3.05) is 6.54 Å². The molecule has 0 amide bonds. The molecule has 1 fully saturated rings. The third-order valence-corrected chi connectivity index (χ3v) is 5.42. The van der Waals surface area contributed by atoms with Crippen LogP contribution in [-0.2, 0) is 0 Å². The molecule has 1 N–H and O–H groups in total. The van der Waals surface area contributed by atoms with Gasteiger partial charge < -0.3 is 5.32 Å². The Morgan fingerprint density at radius 3 is 2.61 bits per heavy atom. The summed E-state index contributed by atoms with van der Waals surface area (Å²) in [5.41, 5.74) is 0.403. The number of hydrogen-bond donors (Lipinski definition) is 1. The quantitative estimate of drug-likeness (QED) is 0.867. The number of halogens is 1. The maximum atomic E-state index is 5.93. The molecule has 1 aromatic carbocycles. The van der Waals surface area contributed by atoms with Gasteiger partial charge in [-0.15, -0.1) is 11.8 Å². The van der Waals surface area contributed by atoms with E-state index in [2.05, 4.69) is 38.2 Å². The number of hydrogen-bond acceptors (Lipinski definition) is 2. The van der Waals surface area contributed by atoms with Crippen LogP contribution in [0, 0.1) is 5.41 Å². The molecule has 2 unspecified atom stereocenters. The third-order valence-electron chi connectivity index (χ3n) is 3.81. The molecule has 0 saturated heterocycles. The maximum absolute atomic E-state index is 5.93. The monoisotopic (exact) mass is 283 g/mol. The second kappa shape index (κ2) is 5.85. The Bertz CT molecular complexity index is 388. The van der Waals surface area contributed by atoms with Crippen LogP contribution in [0.4, 0.5) is 0 Å². The predicted octanol–water partition coefficient (Wildman–Crippen LogP) is 4.60. The molecule has 2 rings (SSSR count). The van der Waals surface area contributed by atoms with Gasteiger partial charge in [0.15, 0.2) is 0 Å². The van der Waals surface area contributed by atoms with E-state index in [1.54, 1.807) is 0 Å². The molecule has 1 nitrogen and oxygen atoms in total. The first kappa shape index (κ1) is 14.2. The molecule has 1 saturated carbocycles. The lowest BCUT2D eigenvalue weighted by Crippen LogP contribution is -2.43. The summed E-state index contributed by atoms with van der Waals surface area (Å²) in [6.45, 7) is 8.00. The molecule has 0 spiro atoms. The lowest BCUT2D eigenvalue weighted by atomic mass is 9.87. The van der Waals surface area contributed by atoms with Crippen molar-refractivity contribution in [1.29, 1.82) is 0 Å². The van der Waals surface area contributed by atoms with Gasteiger partial charge in [-0.1, -0.05) is 32.4 Å². The van der Waals surface area contributed by atoms with E-state index >= 15 is 0 Å². The molecular formula is C15H22ClNS. The maximum Gasteiger partial charge on any atom is 0.0406 e. The van der Waals surface area contributed by atoms with Crippen LogP contribution in [0.25, 0.3) is 0 Å². The molecule has 0 radical (unpaired) electrons. The first-order valence-corrected chi connectivity index (χ1v) is 7.94. The molecule has 1 aliphatic carbocycles. The average molecular weight is 284 g/mol. The van der Waals surface area contributed by atoms with Crippen molar-refractivity contribution < 1.29 is 0 Å². The molecule has 2 atom stereocenters. The van der Waals surface area contributed by atoms with Gasteiger partial charge in [0.1, 0.15) is 0 Å². The largest absolute Gasteiger partial charge is 0.313 e. The van der Waals surface area contributed by atoms with E-state index in [-0.39, 0.29) is 0 Å². The van der Waals surface area contributed by atoms with E-state index in [0.29, 0.717) is 16.7 Å². The standard InChI is InChI=1S/C15H22ClNS/c1-4-17-14-13(9-10-15(14,2)3)18-12-7-5-11(16)6-8-12/h5-8,13-14,17H,4,9-10H2,1-3H3. The molecular weight excluding hydrogens is 262 g/mol. The van der Waals surface area contributed by atoms with Crippen molar-refractivity contribution in [1.82, 2.24) is 5.32 Å². The Kier molecular flexibility index (Phi) is 4.63. The van der Waals surface area contributed by atoms with E-state index in [9.17, 15) is 0 Å². The Morgan fingerprint density at radius 1 is 1.33 bits per heavy atom.